The van der Waals surface area contributed by atoms with Crippen molar-refractivity contribution in [3.05, 3.63) is 59.8 Å². The average Bonchev–Trinajstić information content (AvgIpc) is 3.10. The third-order valence-electron chi connectivity index (χ3n) is 4.57. The largest absolute Gasteiger partial charge is 0.370 e. The van der Waals surface area contributed by atoms with Gasteiger partial charge in [0, 0.05) is 31.7 Å². The van der Waals surface area contributed by atoms with Gasteiger partial charge in [-0.05, 0) is 37.5 Å². The van der Waals surface area contributed by atoms with E-state index in [-0.39, 0.29) is 12.0 Å². The fourth-order valence-electron chi connectivity index (χ4n) is 3.23. The smallest absolute Gasteiger partial charge is 0.259 e. The standard InChI is InChI=1S/C19H21N5O2/c1-14-9-21-18-17(10-22-24(18)11-14)19(25)23-8-4-6-16(12-23)26-13-15-5-2-3-7-20-15/h2-3,5,7,9-11,16H,4,6,8,12-13H2,1H3/t16-/m1/s1. The molecule has 4 rings (SSSR count). The van der Waals surface area contributed by atoms with Crippen LogP contribution in [0.3, 0.4) is 0 Å². The van der Waals surface area contributed by atoms with Gasteiger partial charge in [-0.1, -0.05) is 6.07 Å². The zero-order valence-corrected chi connectivity index (χ0v) is 14.7. The molecule has 0 aliphatic carbocycles. The average molecular weight is 351 g/mol. The van der Waals surface area contributed by atoms with E-state index in [0.29, 0.717) is 24.4 Å². The summed E-state index contributed by atoms with van der Waals surface area (Å²) in [5, 5.41) is 4.26. The number of carbonyl (C=O) groups is 1. The van der Waals surface area contributed by atoms with Gasteiger partial charge in [0.1, 0.15) is 5.56 Å². The Hall–Kier alpha value is -2.80. The van der Waals surface area contributed by atoms with Crippen molar-refractivity contribution in [2.75, 3.05) is 13.1 Å². The lowest BCUT2D eigenvalue weighted by Gasteiger charge is -2.32. The Morgan fingerprint density at radius 3 is 3.08 bits per heavy atom. The van der Waals surface area contributed by atoms with Crippen molar-refractivity contribution < 1.29 is 9.53 Å². The van der Waals surface area contributed by atoms with E-state index < -0.39 is 0 Å². The van der Waals surface area contributed by atoms with Gasteiger partial charge in [-0.2, -0.15) is 5.10 Å². The summed E-state index contributed by atoms with van der Waals surface area (Å²) in [5.74, 6) is -0.0394. The van der Waals surface area contributed by atoms with Crippen LogP contribution in [0.4, 0.5) is 0 Å². The predicted octanol–water partition coefficient (Wildman–Crippen LogP) is 2.25. The Balaban J connectivity index is 1.44. The van der Waals surface area contributed by atoms with E-state index in [1.54, 1.807) is 23.1 Å². The second-order valence-corrected chi connectivity index (χ2v) is 6.61. The first kappa shape index (κ1) is 16.7. The number of fused-ring (bicyclic) bond motifs is 1. The summed E-state index contributed by atoms with van der Waals surface area (Å²) in [4.78, 5) is 23.4. The van der Waals surface area contributed by atoms with E-state index in [1.807, 2.05) is 36.2 Å². The van der Waals surface area contributed by atoms with Crippen molar-refractivity contribution >= 4 is 11.6 Å². The maximum absolute atomic E-state index is 12.9. The van der Waals surface area contributed by atoms with Crippen LogP contribution in [0.2, 0.25) is 0 Å². The van der Waals surface area contributed by atoms with Crippen molar-refractivity contribution in [3.63, 3.8) is 0 Å². The summed E-state index contributed by atoms with van der Waals surface area (Å²) in [6.07, 6.45) is 8.87. The Bertz CT molecular complexity index is 909. The molecule has 1 saturated heterocycles. The third-order valence-corrected chi connectivity index (χ3v) is 4.57. The van der Waals surface area contributed by atoms with E-state index in [9.17, 15) is 4.79 Å². The molecule has 1 atom stereocenters. The normalized spacial score (nSPS) is 17.6. The monoisotopic (exact) mass is 351 g/mol. The van der Waals surface area contributed by atoms with Crippen molar-refractivity contribution in [3.8, 4) is 0 Å². The molecule has 0 N–H and O–H groups in total. The highest BCUT2D eigenvalue weighted by Crippen LogP contribution is 2.19. The number of aryl methyl sites for hydroxylation is 1. The number of likely N-dealkylation sites (tertiary alicyclic amines) is 1. The molecule has 0 spiro atoms. The van der Waals surface area contributed by atoms with Crippen LogP contribution in [0.1, 0.15) is 34.5 Å². The van der Waals surface area contributed by atoms with Gasteiger partial charge >= 0.3 is 0 Å². The number of nitrogens with zero attached hydrogens (tertiary/aromatic N) is 5. The lowest BCUT2D eigenvalue weighted by atomic mass is 10.1. The summed E-state index contributed by atoms with van der Waals surface area (Å²) >= 11 is 0. The van der Waals surface area contributed by atoms with Crippen LogP contribution in [-0.4, -0.2) is 49.6 Å². The number of amides is 1. The number of carbonyl (C=O) groups excluding carboxylic acids is 1. The Morgan fingerprint density at radius 1 is 1.31 bits per heavy atom. The molecule has 0 aromatic carbocycles. The van der Waals surface area contributed by atoms with Crippen LogP contribution >= 0.6 is 0 Å². The lowest BCUT2D eigenvalue weighted by molar-refractivity contribution is -0.00780. The Labute approximate surface area is 151 Å². The molecule has 0 unspecified atom stereocenters. The third kappa shape index (κ3) is 3.43. The molecule has 26 heavy (non-hydrogen) atoms. The van der Waals surface area contributed by atoms with Gasteiger partial charge in [-0.25, -0.2) is 9.50 Å². The van der Waals surface area contributed by atoms with Crippen molar-refractivity contribution in [1.29, 1.82) is 0 Å². The number of pyridine rings is 1. The van der Waals surface area contributed by atoms with Gasteiger partial charge in [-0.3, -0.25) is 9.78 Å². The highest BCUT2D eigenvalue weighted by Gasteiger charge is 2.27. The summed E-state index contributed by atoms with van der Waals surface area (Å²) in [5.41, 5.74) is 3.03. The minimum Gasteiger partial charge on any atom is -0.370 e. The highest BCUT2D eigenvalue weighted by molar-refractivity contribution is 5.99. The van der Waals surface area contributed by atoms with Crippen LogP contribution < -0.4 is 0 Å². The fraction of sp³-hybridized carbons (Fsp3) is 0.368. The van der Waals surface area contributed by atoms with E-state index in [2.05, 4.69) is 15.1 Å². The first-order valence-corrected chi connectivity index (χ1v) is 8.81. The first-order valence-electron chi connectivity index (χ1n) is 8.81. The number of hydrogen-bond donors (Lipinski definition) is 0. The molecule has 0 radical (unpaired) electrons. The number of rotatable bonds is 4. The molecule has 134 valence electrons. The molecular weight excluding hydrogens is 330 g/mol. The Kier molecular flexibility index (Phi) is 4.62. The SMILES string of the molecule is Cc1cnc2c(C(=O)N3CCC[C@@H](OCc4ccccn4)C3)cnn2c1. The maximum atomic E-state index is 12.9. The molecule has 4 heterocycles. The summed E-state index contributed by atoms with van der Waals surface area (Å²) in [6, 6.07) is 5.77. The summed E-state index contributed by atoms with van der Waals surface area (Å²) in [6.45, 7) is 3.72. The fourth-order valence-corrected chi connectivity index (χ4v) is 3.23. The van der Waals surface area contributed by atoms with Crippen LogP contribution in [0.15, 0.2) is 43.0 Å². The van der Waals surface area contributed by atoms with Crippen molar-refractivity contribution in [1.82, 2.24) is 24.5 Å². The zero-order valence-electron chi connectivity index (χ0n) is 14.7. The summed E-state index contributed by atoms with van der Waals surface area (Å²) in [7, 11) is 0. The number of aromatic nitrogens is 4. The maximum Gasteiger partial charge on any atom is 0.259 e. The summed E-state index contributed by atoms with van der Waals surface area (Å²) < 4.78 is 7.63. The number of ether oxygens (including phenoxy) is 1. The zero-order chi connectivity index (χ0) is 17.9. The molecule has 1 fully saturated rings. The topological polar surface area (TPSA) is 72.6 Å². The van der Waals surface area contributed by atoms with Crippen molar-refractivity contribution in [2.45, 2.75) is 32.5 Å². The first-order chi connectivity index (χ1) is 12.7. The molecule has 7 nitrogen and oxygen atoms in total. The van der Waals surface area contributed by atoms with Crippen LogP contribution in [0.5, 0.6) is 0 Å². The second-order valence-electron chi connectivity index (χ2n) is 6.61. The van der Waals surface area contributed by atoms with Crippen molar-refractivity contribution in [2.24, 2.45) is 0 Å². The van der Waals surface area contributed by atoms with Crippen LogP contribution in [0.25, 0.3) is 5.65 Å². The van der Waals surface area contributed by atoms with E-state index in [1.165, 1.54) is 0 Å². The molecule has 1 aliphatic heterocycles. The van der Waals surface area contributed by atoms with Gasteiger partial charge < -0.3 is 9.64 Å². The van der Waals surface area contributed by atoms with E-state index >= 15 is 0 Å². The van der Waals surface area contributed by atoms with Gasteiger partial charge in [0.2, 0.25) is 0 Å². The molecule has 0 saturated carbocycles. The molecule has 1 amide bonds. The minimum absolute atomic E-state index is 0.0201. The Morgan fingerprint density at radius 2 is 2.23 bits per heavy atom. The number of piperidine rings is 1. The molecule has 1 aliphatic rings. The van der Waals surface area contributed by atoms with E-state index in [0.717, 1.165) is 30.6 Å². The van der Waals surface area contributed by atoms with Gasteiger partial charge in [0.05, 0.1) is 24.6 Å². The number of hydrogen-bond acceptors (Lipinski definition) is 5. The molecule has 3 aromatic rings. The van der Waals surface area contributed by atoms with Gasteiger partial charge in [0.15, 0.2) is 5.65 Å². The van der Waals surface area contributed by atoms with Gasteiger partial charge in [0.25, 0.3) is 5.91 Å². The minimum atomic E-state index is -0.0394. The second kappa shape index (κ2) is 7.21. The molecule has 7 heteroatoms. The van der Waals surface area contributed by atoms with Crippen LogP contribution in [-0.2, 0) is 11.3 Å². The lowest BCUT2D eigenvalue weighted by Crippen LogP contribution is -2.43. The molecular formula is C19H21N5O2. The predicted molar refractivity (Wildman–Crippen MR) is 95.7 cm³/mol. The highest BCUT2D eigenvalue weighted by atomic mass is 16.5. The van der Waals surface area contributed by atoms with Gasteiger partial charge in [-0.15, -0.1) is 0 Å². The van der Waals surface area contributed by atoms with Crippen LogP contribution in [0, 0.1) is 6.92 Å². The molecule has 0 bridgehead atoms. The quantitative estimate of drug-likeness (QED) is 0.721. The molecule has 3 aromatic heterocycles. The van der Waals surface area contributed by atoms with E-state index in [4.69, 9.17) is 4.74 Å².